The molecular weight excluding hydrogens is 220 g/mol. The monoisotopic (exact) mass is 238 g/mol. The molecule has 0 fully saturated rings. The quantitative estimate of drug-likeness (QED) is 0.799. The van der Waals surface area contributed by atoms with E-state index in [-0.39, 0.29) is 0 Å². The maximum absolute atomic E-state index is 4.48. The van der Waals surface area contributed by atoms with Gasteiger partial charge in [-0.2, -0.15) is 0 Å². The average molecular weight is 238 g/mol. The van der Waals surface area contributed by atoms with Crippen LogP contribution in [-0.4, -0.2) is 15.9 Å². The van der Waals surface area contributed by atoms with Crippen molar-refractivity contribution in [3.63, 3.8) is 0 Å². The van der Waals surface area contributed by atoms with Crippen LogP contribution < -0.4 is 0 Å². The van der Waals surface area contributed by atoms with Gasteiger partial charge in [0.2, 0.25) is 0 Å². The standard InChI is InChI=1S/C16H18N2/c1-13-10-16-15(8-5-9-17-16)12-18(13)11-14-6-3-2-4-7-14/h2-9,13H,10-12H2,1H3. The van der Waals surface area contributed by atoms with Crippen molar-refractivity contribution >= 4 is 0 Å². The minimum Gasteiger partial charge on any atom is -0.292 e. The predicted octanol–water partition coefficient (Wildman–Crippen LogP) is 3.03. The summed E-state index contributed by atoms with van der Waals surface area (Å²) < 4.78 is 0. The molecule has 1 unspecified atom stereocenters. The van der Waals surface area contributed by atoms with Crippen molar-refractivity contribution in [1.29, 1.82) is 0 Å². The Labute approximate surface area is 108 Å². The van der Waals surface area contributed by atoms with Crippen molar-refractivity contribution in [2.75, 3.05) is 0 Å². The Balaban J connectivity index is 1.79. The molecule has 2 nitrogen and oxygen atoms in total. The van der Waals surface area contributed by atoms with E-state index in [9.17, 15) is 0 Å². The molecule has 0 amide bonds. The van der Waals surface area contributed by atoms with E-state index in [0.29, 0.717) is 6.04 Å². The molecule has 18 heavy (non-hydrogen) atoms. The predicted molar refractivity (Wildman–Crippen MR) is 73.1 cm³/mol. The molecule has 1 atom stereocenters. The number of hydrogen-bond donors (Lipinski definition) is 0. The van der Waals surface area contributed by atoms with Crippen LogP contribution in [0, 0.1) is 0 Å². The summed E-state index contributed by atoms with van der Waals surface area (Å²) in [7, 11) is 0. The number of rotatable bonds is 2. The minimum absolute atomic E-state index is 0.563. The maximum atomic E-state index is 4.48. The molecule has 1 aromatic heterocycles. The van der Waals surface area contributed by atoms with Crippen LogP contribution in [0.4, 0.5) is 0 Å². The van der Waals surface area contributed by atoms with E-state index in [2.05, 4.69) is 53.2 Å². The minimum atomic E-state index is 0.563. The van der Waals surface area contributed by atoms with Gasteiger partial charge < -0.3 is 0 Å². The molecule has 0 bridgehead atoms. The van der Waals surface area contributed by atoms with E-state index < -0.39 is 0 Å². The van der Waals surface area contributed by atoms with Crippen molar-refractivity contribution in [1.82, 2.24) is 9.88 Å². The van der Waals surface area contributed by atoms with Crippen LogP contribution in [0.25, 0.3) is 0 Å². The first-order valence-electron chi connectivity index (χ1n) is 6.53. The summed E-state index contributed by atoms with van der Waals surface area (Å²) in [6.07, 6.45) is 2.96. The van der Waals surface area contributed by atoms with Gasteiger partial charge in [0.25, 0.3) is 0 Å². The highest BCUT2D eigenvalue weighted by Gasteiger charge is 2.23. The summed E-state index contributed by atoms with van der Waals surface area (Å²) in [5, 5.41) is 0. The van der Waals surface area contributed by atoms with Gasteiger partial charge in [0, 0.05) is 37.4 Å². The van der Waals surface area contributed by atoms with Crippen LogP contribution in [0.2, 0.25) is 0 Å². The molecule has 2 heteroatoms. The van der Waals surface area contributed by atoms with Gasteiger partial charge in [-0.3, -0.25) is 9.88 Å². The van der Waals surface area contributed by atoms with Gasteiger partial charge in [0.05, 0.1) is 0 Å². The zero-order chi connectivity index (χ0) is 12.4. The Morgan fingerprint density at radius 1 is 1.17 bits per heavy atom. The van der Waals surface area contributed by atoms with Crippen molar-refractivity contribution in [2.24, 2.45) is 0 Å². The molecule has 92 valence electrons. The highest BCUT2D eigenvalue weighted by molar-refractivity contribution is 5.24. The summed E-state index contributed by atoms with van der Waals surface area (Å²) in [5.74, 6) is 0. The fourth-order valence-corrected chi connectivity index (χ4v) is 2.61. The van der Waals surface area contributed by atoms with Gasteiger partial charge in [-0.05, 0) is 24.1 Å². The van der Waals surface area contributed by atoms with Crippen LogP contribution in [0.15, 0.2) is 48.7 Å². The molecule has 1 aliphatic rings. The lowest BCUT2D eigenvalue weighted by molar-refractivity contribution is 0.173. The Morgan fingerprint density at radius 3 is 2.83 bits per heavy atom. The third-order valence-electron chi connectivity index (χ3n) is 3.70. The third kappa shape index (κ3) is 2.29. The van der Waals surface area contributed by atoms with Gasteiger partial charge in [0.15, 0.2) is 0 Å². The summed E-state index contributed by atoms with van der Waals surface area (Å²) >= 11 is 0. The van der Waals surface area contributed by atoms with Gasteiger partial charge in [-0.25, -0.2) is 0 Å². The van der Waals surface area contributed by atoms with Gasteiger partial charge >= 0.3 is 0 Å². The summed E-state index contributed by atoms with van der Waals surface area (Å²) in [6, 6.07) is 15.5. The van der Waals surface area contributed by atoms with Crippen LogP contribution in [0.3, 0.4) is 0 Å². The molecule has 2 aromatic rings. The fraction of sp³-hybridized carbons (Fsp3) is 0.312. The van der Waals surface area contributed by atoms with Crippen molar-refractivity contribution in [3.8, 4) is 0 Å². The van der Waals surface area contributed by atoms with E-state index >= 15 is 0 Å². The van der Waals surface area contributed by atoms with Crippen LogP contribution in [0.5, 0.6) is 0 Å². The third-order valence-corrected chi connectivity index (χ3v) is 3.70. The largest absolute Gasteiger partial charge is 0.292 e. The van der Waals surface area contributed by atoms with Gasteiger partial charge in [-0.1, -0.05) is 36.4 Å². The Morgan fingerprint density at radius 2 is 2.00 bits per heavy atom. The first-order chi connectivity index (χ1) is 8.83. The number of fused-ring (bicyclic) bond motifs is 1. The Hall–Kier alpha value is -1.67. The van der Waals surface area contributed by atoms with Crippen molar-refractivity contribution < 1.29 is 0 Å². The Bertz CT molecular complexity index is 522. The van der Waals surface area contributed by atoms with Crippen molar-refractivity contribution in [3.05, 3.63) is 65.5 Å². The summed E-state index contributed by atoms with van der Waals surface area (Å²) in [6.45, 7) is 4.33. The lowest BCUT2D eigenvalue weighted by atomic mass is 9.99. The number of nitrogens with zero attached hydrogens (tertiary/aromatic N) is 2. The molecule has 0 saturated carbocycles. The second-order valence-electron chi connectivity index (χ2n) is 5.05. The first kappa shape index (κ1) is 11.4. The smallest absolute Gasteiger partial charge is 0.0464 e. The number of pyridine rings is 1. The maximum Gasteiger partial charge on any atom is 0.0464 e. The normalized spacial score (nSPS) is 19.5. The molecule has 1 aliphatic heterocycles. The van der Waals surface area contributed by atoms with Crippen LogP contribution in [-0.2, 0) is 19.5 Å². The SMILES string of the molecule is CC1Cc2ncccc2CN1Cc1ccccc1. The van der Waals surface area contributed by atoms with Crippen LogP contribution >= 0.6 is 0 Å². The Kier molecular flexibility index (Phi) is 3.11. The molecule has 0 radical (unpaired) electrons. The molecule has 2 heterocycles. The second-order valence-corrected chi connectivity index (χ2v) is 5.05. The highest BCUT2D eigenvalue weighted by Crippen LogP contribution is 2.22. The average Bonchev–Trinajstić information content (AvgIpc) is 2.41. The lowest BCUT2D eigenvalue weighted by Crippen LogP contribution is -2.38. The molecule has 0 saturated heterocycles. The number of aromatic nitrogens is 1. The van der Waals surface area contributed by atoms with E-state index in [4.69, 9.17) is 0 Å². The van der Waals surface area contributed by atoms with E-state index in [1.807, 2.05) is 12.3 Å². The zero-order valence-corrected chi connectivity index (χ0v) is 10.7. The molecule has 3 rings (SSSR count). The second kappa shape index (κ2) is 4.91. The number of benzene rings is 1. The van der Waals surface area contributed by atoms with Gasteiger partial charge in [0.1, 0.15) is 0 Å². The summed E-state index contributed by atoms with van der Waals surface area (Å²) in [4.78, 5) is 7.01. The fourth-order valence-electron chi connectivity index (χ4n) is 2.61. The number of hydrogen-bond acceptors (Lipinski definition) is 2. The molecule has 0 N–H and O–H groups in total. The van der Waals surface area contributed by atoms with Crippen molar-refractivity contribution in [2.45, 2.75) is 32.5 Å². The van der Waals surface area contributed by atoms with Crippen LogP contribution in [0.1, 0.15) is 23.7 Å². The van der Waals surface area contributed by atoms with E-state index in [1.54, 1.807) is 0 Å². The lowest BCUT2D eigenvalue weighted by Gasteiger charge is -2.34. The topological polar surface area (TPSA) is 16.1 Å². The van der Waals surface area contributed by atoms with E-state index in [0.717, 1.165) is 19.5 Å². The molecule has 0 spiro atoms. The highest BCUT2D eigenvalue weighted by atomic mass is 15.2. The van der Waals surface area contributed by atoms with Gasteiger partial charge in [-0.15, -0.1) is 0 Å². The molecular formula is C16H18N2. The first-order valence-corrected chi connectivity index (χ1v) is 6.53. The zero-order valence-electron chi connectivity index (χ0n) is 10.7. The summed E-state index contributed by atoms with van der Waals surface area (Å²) in [5.41, 5.74) is 4.04. The molecule has 0 aliphatic carbocycles. The van der Waals surface area contributed by atoms with E-state index in [1.165, 1.54) is 16.8 Å². The molecule has 1 aromatic carbocycles.